The van der Waals surface area contributed by atoms with Gasteiger partial charge in [-0.2, -0.15) is 0 Å². The molecule has 4 aromatic rings. The van der Waals surface area contributed by atoms with Gasteiger partial charge in [-0.05, 0) is 72.7 Å². The number of nitrogens with one attached hydrogen (secondary N) is 2. The van der Waals surface area contributed by atoms with E-state index in [-0.39, 0.29) is 42.4 Å². The van der Waals surface area contributed by atoms with E-state index in [2.05, 4.69) is 28.6 Å². The summed E-state index contributed by atoms with van der Waals surface area (Å²) in [6.07, 6.45) is 4.05. The first kappa shape index (κ1) is 37.3. The standard InChI is InChI=1S/C36H42F2N4O4.ClH/c1-4-10-42(11-5-2)36(45)29-17-27(34-22-40-23-46-34)16-28(18-29)35(44)41-32(15-26-13-30(37)19-31(38)14-26)33(43)21-39-20-25-9-7-8-24(6-3)12-25;/h7-9,12-14,16-19,22-23,32-33,39,43H,4-6,10-11,15,20-21H2,1-3H3,(H,41,44);1H/t32-,33+;/m0./s1. The van der Waals surface area contributed by atoms with Gasteiger partial charge in [0.2, 0.25) is 0 Å². The summed E-state index contributed by atoms with van der Waals surface area (Å²) in [5.74, 6) is -1.92. The molecule has 3 N–H and O–H groups in total. The average molecular weight is 669 g/mol. The van der Waals surface area contributed by atoms with Gasteiger partial charge in [-0.25, -0.2) is 13.8 Å². The van der Waals surface area contributed by atoms with Crippen LogP contribution in [0.4, 0.5) is 8.78 Å². The Kier molecular flexibility index (Phi) is 14.5. The van der Waals surface area contributed by atoms with E-state index in [1.54, 1.807) is 17.0 Å². The summed E-state index contributed by atoms with van der Waals surface area (Å²) in [5.41, 5.74) is 3.47. The molecule has 2 atom stereocenters. The van der Waals surface area contributed by atoms with Crippen LogP contribution in [0.5, 0.6) is 0 Å². The lowest BCUT2D eigenvalue weighted by Crippen LogP contribution is -2.48. The monoisotopic (exact) mass is 668 g/mol. The predicted octanol–water partition coefficient (Wildman–Crippen LogP) is 6.36. The van der Waals surface area contributed by atoms with Gasteiger partial charge in [-0.15, -0.1) is 12.4 Å². The zero-order chi connectivity index (χ0) is 33.1. The van der Waals surface area contributed by atoms with E-state index in [0.717, 1.165) is 30.9 Å². The van der Waals surface area contributed by atoms with Crippen molar-refractivity contribution in [2.45, 2.75) is 65.1 Å². The SMILES string of the molecule is CCCN(CCC)C(=O)c1cc(C(=O)N[C@@H](Cc2cc(F)cc(F)c2)[C@H](O)CNCc2cccc(CC)c2)cc(-c2cnco2)c1.Cl. The van der Waals surface area contributed by atoms with Gasteiger partial charge in [0.25, 0.3) is 11.8 Å². The van der Waals surface area contributed by atoms with E-state index in [4.69, 9.17) is 4.42 Å². The zero-order valence-electron chi connectivity index (χ0n) is 27.0. The normalized spacial score (nSPS) is 12.2. The van der Waals surface area contributed by atoms with E-state index < -0.39 is 29.7 Å². The maximum absolute atomic E-state index is 14.1. The van der Waals surface area contributed by atoms with Crippen LogP contribution in [0.1, 0.15) is 71.0 Å². The number of halogens is 3. The van der Waals surface area contributed by atoms with Gasteiger partial charge < -0.3 is 25.1 Å². The number of carbonyl (C=O) groups is 2. The van der Waals surface area contributed by atoms with Gasteiger partial charge in [0.05, 0.1) is 18.3 Å². The lowest BCUT2D eigenvalue weighted by atomic mass is 9.98. The summed E-state index contributed by atoms with van der Waals surface area (Å²) in [6.45, 7) is 7.77. The van der Waals surface area contributed by atoms with E-state index in [9.17, 15) is 23.5 Å². The first-order valence-corrected chi connectivity index (χ1v) is 15.8. The molecule has 1 heterocycles. The Morgan fingerprint density at radius 1 is 0.915 bits per heavy atom. The van der Waals surface area contributed by atoms with Crippen molar-refractivity contribution in [3.8, 4) is 11.3 Å². The first-order valence-electron chi connectivity index (χ1n) is 15.8. The Labute approximate surface area is 281 Å². The molecule has 1 aromatic heterocycles. The number of benzene rings is 3. The van der Waals surface area contributed by atoms with Crippen LogP contribution < -0.4 is 10.6 Å². The van der Waals surface area contributed by atoms with Crippen LogP contribution in [0.2, 0.25) is 0 Å². The summed E-state index contributed by atoms with van der Waals surface area (Å²) in [7, 11) is 0. The minimum Gasteiger partial charge on any atom is -0.444 e. The molecule has 252 valence electrons. The molecule has 0 aliphatic carbocycles. The molecule has 4 rings (SSSR count). The number of hydrogen-bond donors (Lipinski definition) is 3. The highest BCUT2D eigenvalue weighted by molar-refractivity contribution is 6.01. The fourth-order valence-corrected chi connectivity index (χ4v) is 5.40. The van der Waals surface area contributed by atoms with Crippen LogP contribution in [0.3, 0.4) is 0 Å². The van der Waals surface area contributed by atoms with Crippen LogP contribution in [0.25, 0.3) is 11.3 Å². The molecule has 0 bridgehead atoms. The molecule has 2 amide bonds. The maximum Gasteiger partial charge on any atom is 0.253 e. The fourth-order valence-electron chi connectivity index (χ4n) is 5.40. The minimum atomic E-state index is -1.12. The Morgan fingerprint density at radius 2 is 1.60 bits per heavy atom. The quantitative estimate of drug-likeness (QED) is 0.128. The molecule has 0 saturated heterocycles. The molecule has 3 aromatic carbocycles. The lowest BCUT2D eigenvalue weighted by molar-refractivity contribution is 0.0755. The molecule has 0 aliphatic heterocycles. The van der Waals surface area contributed by atoms with Crippen LogP contribution >= 0.6 is 12.4 Å². The summed E-state index contributed by atoms with van der Waals surface area (Å²) in [4.78, 5) is 33.1. The number of carbonyl (C=O) groups excluding carboxylic acids is 2. The highest BCUT2D eigenvalue weighted by Crippen LogP contribution is 2.24. The Hall–Kier alpha value is -4.12. The van der Waals surface area contributed by atoms with Gasteiger partial charge >= 0.3 is 0 Å². The maximum atomic E-state index is 14.1. The Bertz CT molecular complexity index is 1580. The molecule has 0 spiro atoms. The van der Waals surface area contributed by atoms with Crippen molar-refractivity contribution in [2.24, 2.45) is 0 Å². The summed E-state index contributed by atoms with van der Waals surface area (Å²) < 4.78 is 33.6. The molecular weight excluding hydrogens is 626 g/mol. The fraction of sp³-hybridized carbons (Fsp3) is 0.361. The highest BCUT2D eigenvalue weighted by Gasteiger charge is 2.25. The third-order valence-corrected chi connectivity index (χ3v) is 7.67. The third-order valence-electron chi connectivity index (χ3n) is 7.67. The van der Waals surface area contributed by atoms with Crippen molar-refractivity contribution in [3.63, 3.8) is 0 Å². The van der Waals surface area contributed by atoms with Crippen LogP contribution in [-0.2, 0) is 19.4 Å². The average Bonchev–Trinajstić information content (AvgIpc) is 3.59. The zero-order valence-corrected chi connectivity index (χ0v) is 27.8. The lowest BCUT2D eigenvalue weighted by Gasteiger charge is -2.25. The molecular formula is C36H43ClF2N4O4. The number of amides is 2. The molecule has 47 heavy (non-hydrogen) atoms. The number of rotatable bonds is 16. The molecule has 8 nitrogen and oxygen atoms in total. The summed E-state index contributed by atoms with van der Waals surface area (Å²) in [5, 5.41) is 17.4. The van der Waals surface area contributed by atoms with Crippen LogP contribution in [0.15, 0.2) is 77.7 Å². The molecule has 0 fully saturated rings. The molecule has 0 aliphatic rings. The van der Waals surface area contributed by atoms with E-state index in [1.165, 1.54) is 36.4 Å². The highest BCUT2D eigenvalue weighted by atomic mass is 35.5. The van der Waals surface area contributed by atoms with Crippen LogP contribution in [-0.4, -0.2) is 58.6 Å². The second-order valence-electron chi connectivity index (χ2n) is 11.4. The summed E-state index contributed by atoms with van der Waals surface area (Å²) in [6, 6.07) is 15.0. The van der Waals surface area contributed by atoms with Crippen molar-refractivity contribution in [2.75, 3.05) is 19.6 Å². The third kappa shape index (κ3) is 10.7. The van der Waals surface area contributed by atoms with Crippen molar-refractivity contribution < 1.29 is 27.9 Å². The summed E-state index contributed by atoms with van der Waals surface area (Å²) >= 11 is 0. The number of aliphatic hydroxyl groups excluding tert-OH is 1. The van der Waals surface area contributed by atoms with E-state index in [1.807, 2.05) is 32.0 Å². The molecule has 0 radical (unpaired) electrons. The van der Waals surface area contributed by atoms with Crippen molar-refractivity contribution in [1.82, 2.24) is 20.5 Å². The Balaban J connectivity index is 0.00000600. The van der Waals surface area contributed by atoms with Crippen LogP contribution in [0, 0.1) is 11.6 Å². The molecule has 11 heteroatoms. The van der Waals surface area contributed by atoms with E-state index in [0.29, 0.717) is 36.5 Å². The molecule has 0 saturated carbocycles. The largest absolute Gasteiger partial charge is 0.444 e. The smallest absolute Gasteiger partial charge is 0.253 e. The molecule has 0 unspecified atom stereocenters. The number of aryl methyl sites for hydroxylation is 1. The van der Waals surface area contributed by atoms with E-state index >= 15 is 0 Å². The van der Waals surface area contributed by atoms with Gasteiger partial charge in [-0.3, -0.25) is 9.59 Å². The minimum absolute atomic E-state index is 0. The van der Waals surface area contributed by atoms with Crippen molar-refractivity contribution in [1.29, 1.82) is 0 Å². The number of nitrogens with zero attached hydrogens (tertiary/aromatic N) is 2. The van der Waals surface area contributed by atoms with Crippen molar-refractivity contribution in [3.05, 3.63) is 113 Å². The predicted molar refractivity (Wildman–Crippen MR) is 181 cm³/mol. The number of oxazole rings is 1. The Morgan fingerprint density at radius 3 is 2.23 bits per heavy atom. The number of hydrogen-bond acceptors (Lipinski definition) is 6. The second-order valence-corrected chi connectivity index (χ2v) is 11.4. The van der Waals surface area contributed by atoms with Gasteiger partial charge in [0, 0.05) is 48.9 Å². The van der Waals surface area contributed by atoms with Gasteiger partial charge in [-0.1, -0.05) is 45.0 Å². The topological polar surface area (TPSA) is 108 Å². The number of aliphatic hydroxyl groups is 1. The first-order chi connectivity index (χ1) is 22.2. The van der Waals surface area contributed by atoms with Gasteiger partial charge in [0.15, 0.2) is 12.2 Å². The van der Waals surface area contributed by atoms with Crippen molar-refractivity contribution >= 4 is 24.2 Å². The second kappa shape index (κ2) is 18.3. The van der Waals surface area contributed by atoms with Gasteiger partial charge in [0.1, 0.15) is 11.6 Å². The number of aromatic nitrogens is 1.